The molecule has 12 nitrogen and oxygen atoms in total. The summed E-state index contributed by atoms with van der Waals surface area (Å²) in [4.78, 5) is 36.4. The second-order valence-electron chi connectivity index (χ2n) is 9.22. The molecule has 0 bridgehead atoms. The number of ether oxygens (including phenoxy) is 1. The van der Waals surface area contributed by atoms with Crippen LogP contribution in [0.5, 0.6) is 6.01 Å². The number of aliphatic imine (C=N–C) groups is 2. The van der Waals surface area contributed by atoms with E-state index in [1.165, 1.54) is 6.20 Å². The summed E-state index contributed by atoms with van der Waals surface area (Å²) in [6.07, 6.45) is 6.65. The van der Waals surface area contributed by atoms with E-state index in [4.69, 9.17) is 4.74 Å². The summed E-state index contributed by atoms with van der Waals surface area (Å²) in [6, 6.07) is 1.83. The van der Waals surface area contributed by atoms with Crippen LogP contribution in [0.1, 0.15) is 43.2 Å². The Morgan fingerprint density at radius 1 is 1.44 bits per heavy atom. The number of anilines is 1. The van der Waals surface area contributed by atoms with E-state index in [2.05, 4.69) is 48.2 Å². The predicted octanol–water partition coefficient (Wildman–Crippen LogP) is 0.981. The number of amidine groups is 1. The minimum Gasteiger partial charge on any atom is -0.462 e. The second kappa shape index (κ2) is 10.8. The van der Waals surface area contributed by atoms with Crippen LogP contribution in [0.3, 0.4) is 0 Å². The summed E-state index contributed by atoms with van der Waals surface area (Å²) in [6.45, 7) is 6.65. The molecule has 0 aromatic carbocycles. The molecule has 4 rings (SSSR count). The van der Waals surface area contributed by atoms with Crippen LogP contribution in [0.25, 0.3) is 0 Å². The Labute approximate surface area is 209 Å². The number of piperidine rings is 1. The van der Waals surface area contributed by atoms with Gasteiger partial charge in [0.1, 0.15) is 12.3 Å². The highest BCUT2D eigenvalue weighted by Crippen LogP contribution is 2.44. The summed E-state index contributed by atoms with van der Waals surface area (Å²) in [5, 5.41) is 24.5. The van der Waals surface area contributed by atoms with Crippen molar-refractivity contribution in [1.29, 1.82) is 5.26 Å². The lowest BCUT2D eigenvalue weighted by Gasteiger charge is -2.32. The number of carbonyl (C=O) groups excluding carboxylic acids is 1. The van der Waals surface area contributed by atoms with Crippen molar-refractivity contribution in [3.8, 4) is 12.1 Å². The molecule has 1 atom stereocenters. The average Bonchev–Trinajstić information content (AvgIpc) is 3.59. The lowest BCUT2D eigenvalue weighted by molar-refractivity contribution is 0.0909. The van der Waals surface area contributed by atoms with Gasteiger partial charge in [0.2, 0.25) is 11.8 Å². The van der Waals surface area contributed by atoms with Crippen molar-refractivity contribution in [3.63, 3.8) is 0 Å². The second-order valence-corrected chi connectivity index (χ2v) is 9.22. The summed E-state index contributed by atoms with van der Waals surface area (Å²) >= 11 is 0. The molecule has 2 fully saturated rings. The highest BCUT2D eigenvalue weighted by atomic mass is 16.5. The summed E-state index contributed by atoms with van der Waals surface area (Å²) in [5.41, 5.74) is 1.40. The molecule has 12 heteroatoms. The molecule has 0 spiro atoms. The Balaban J connectivity index is 1.50. The maximum Gasteiger partial charge on any atom is 0.322 e. The van der Waals surface area contributed by atoms with Crippen molar-refractivity contribution in [2.45, 2.75) is 38.6 Å². The van der Waals surface area contributed by atoms with Crippen LogP contribution >= 0.6 is 0 Å². The first-order valence-electron chi connectivity index (χ1n) is 12.0. The van der Waals surface area contributed by atoms with Crippen LogP contribution < -0.4 is 20.3 Å². The van der Waals surface area contributed by atoms with Crippen molar-refractivity contribution >= 4 is 23.4 Å². The number of hydrogen-bond donors (Lipinski definition) is 3. The van der Waals surface area contributed by atoms with Gasteiger partial charge < -0.3 is 25.4 Å². The van der Waals surface area contributed by atoms with E-state index in [9.17, 15) is 15.2 Å². The zero-order valence-corrected chi connectivity index (χ0v) is 20.6. The number of aliphatic hydroxyl groups excluding tert-OH is 1. The predicted molar refractivity (Wildman–Crippen MR) is 134 cm³/mol. The highest BCUT2D eigenvalue weighted by molar-refractivity contribution is 6.49. The Morgan fingerprint density at radius 3 is 2.81 bits per heavy atom. The first-order chi connectivity index (χ1) is 17.4. The first kappa shape index (κ1) is 25.2. The van der Waals surface area contributed by atoms with Crippen molar-refractivity contribution < 1.29 is 14.6 Å². The molecule has 1 aromatic rings. The molecule has 1 saturated carbocycles. The monoisotopic (exact) mass is 493 g/mol. The molecular formula is C24H31N9O3. The van der Waals surface area contributed by atoms with Gasteiger partial charge in [-0.2, -0.15) is 20.2 Å². The zero-order valence-electron chi connectivity index (χ0n) is 20.6. The molecule has 1 saturated heterocycles. The van der Waals surface area contributed by atoms with Crippen molar-refractivity contribution in [3.05, 3.63) is 30.4 Å². The van der Waals surface area contributed by atoms with Gasteiger partial charge in [0.15, 0.2) is 5.84 Å². The number of nitrogens with zero attached hydrogens (tertiary/aromatic N) is 7. The number of aromatic nitrogens is 3. The first-order valence-corrected chi connectivity index (χ1v) is 12.0. The Hall–Kier alpha value is -3.85. The number of hydrogen-bond acceptors (Lipinski definition) is 10. The molecule has 3 aliphatic rings. The fraction of sp³-hybridized carbons (Fsp3) is 0.542. The quantitative estimate of drug-likeness (QED) is 0.455. The summed E-state index contributed by atoms with van der Waals surface area (Å²) in [7, 11) is 1.72. The van der Waals surface area contributed by atoms with Gasteiger partial charge in [-0.3, -0.25) is 14.8 Å². The van der Waals surface area contributed by atoms with Gasteiger partial charge in [-0.1, -0.05) is 6.58 Å². The SMILES string of the molecule is C=C/N=C1/C(C2CCN(c3nc(OCC4(C#N)CC4)nc(C(=O)NC(C)CO)n3)CC2)=CN/C1=N/C. The fourth-order valence-electron chi connectivity index (χ4n) is 4.15. The molecule has 2 aliphatic heterocycles. The molecule has 3 heterocycles. The van der Waals surface area contributed by atoms with Crippen LogP contribution in [-0.4, -0.2) is 76.9 Å². The number of aliphatic hydroxyl groups is 1. The van der Waals surface area contributed by atoms with E-state index >= 15 is 0 Å². The number of nitrogens with one attached hydrogen (secondary N) is 2. The van der Waals surface area contributed by atoms with Crippen LogP contribution in [0.4, 0.5) is 5.95 Å². The molecule has 1 unspecified atom stereocenters. The molecule has 1 aromatic heterocycles. The fourth-order valence-corrected chi connectivity index (χ4v) is 4.15. The van der Waals surface area contributed by atoms with Gasteiger partial charge >= 0.3 is 6.01 Å². The number of amides is 1. The number of rotatable bonds is 9. The van der Waals surface area contributed by atoms with E-state index in [1.807, 2.05) is 11.1 Å². The van der Waals surface area contributed by atoms with Crippen molar-refractivity contribution in [2.24, 2.45) is 21.3 Å². The molecule has 190 valence electrons. The van der Waals surface area contributed by atoms with Gasteiger partial charge in [-0.15, -0.1) is 0 Å². The minimum atomic E-state index is -0.528. The summed E-state index contributed by atoms with van der Waals surface area (Å²) < 4.78 is 5.75. The van der Waals surface area contributed by atoms with E-state index < -0.39 is 17.4 Å². The molecule has 3 N–H and O–H groups in total. The minimum absolute atomic E-state index is 0.0114. The van der Waals surface area contributed by atoms with Gasteiger partial charge in [-0.25, -0.2) is 0 Å². The van der Waals surface area contributed by atoms with E-state index in [1.54, 1.807) is 14.0 Å². The normalized spacial score (nSPS) is 21.9. The van der Waals surface area contributed by atoms with Gasteiger partial charge in [0.05, 0.1) is 18.1 Å². The molecule has 1 aliphatic carbocycles. The maximum absolute atomic E-state index is 12.7. The standard InChI is InChI=1S/C24H31N9O3/c1-4-27-18-17(11-28-19(18)26-3)16-5-9-33(10-6-16)22-30-20(21(35)29-15(2)12-34)31-23(32-22)36-14-24(13-25)7-8-24/h4,11,15-16,34H,1,5-10,12,14H2,2-3H3,(H,29,35)(H,26,27,28). The number of carbonyl (C=O) groups is 1. The third-order valence-electron chi connectivity index (χ3n) is 6.55. The number of nitriles is 1. The Kier molecular flexibility index (Phi) is 7.59. The van der Waals surface area contributed by atoms with Crippen molar-refractivity contribution in [1.82, 2.24) is 25.6 Å². The van der Waals surface area contributed by atoms with Gasteiger partial charge in [0.25, 0.3) is 5.91 Å². The summed E-state index contributed by atoms with van der Waals surface area (Å²) in [5.74, 6) is 0.718. The lowest BCUT2D eigenvalue weighted by atomic mass is 9.87. The van der Waals surface area contributed by atoms with Gasteiger partial charge in [-0.05, 0) is 38.5 Å². The van der Waals surface area contributed by atoms with Crippen LogP contribution in [0.15, 0.2) is 34.5 Å². The molecule has 36 heavy (non-hydrogen) atoms. The van der Waals surface area contributed by atoms with Gasteiger partial charge in [0, 0.05) is 44.2 Å². The third-order valence-corrected chi connectivity index (χ3v) is 6.55. The van der Waals surface area contributed by atoms with Crippen LogP contribution in [0, 0.1) is 22.7 Å². The Bertz CT molecular complexity index is 1140. The third kappa shape index (κ3) is 5.52. The average molecular weight is 494 g/mol. The topological polar surface area (TPSA) is 161 Å². The maximum atomic E-state index is 12.7. The Morgan fingerprint density at radius 2 is 2.19 bits per heavy atom. The molecule has 0 radical (unpaired) electrons. The van der Waals surface area contributed by atoms with E-state index in [0.29, 0.717) is 19.0 Å². The van der Waals surface area contributed by atoms with Crippen LogP contribution in [-0.2, 0) is 0 Å². The van der Waals surface area contributed by atoms with Crippen molar-refractivity contribution in [2.75, 3.05) is 38.3 Å². The zero-order chi connectivity index (χ0) is 25.7. The van der Waals surface area contributed by atoms with Crippen LogP contribution in [0.2, 0.25) is 0 Å². The highest BCUT2D eigenvalue weighted by Gasteiger charge is 2.44. The smallest absolute Gasteiger partial charge is 0.322 e. The van der Waals surface area contributed by atoms with E-state index in [0.717, 1.165) is 42.8 Å². The molecular weight excluding hydrogens is 462 g/mol. The molecule has 1 amide bonds. The lowest BCUT2D eigenvalue weighted by Crippen LogP contribution is -2.38. The largest absolute Gasteiger partial charge is 0.462 e. The van der Waals surface area contributed by atoms with E-state index in [-0.39, 0.29) is 31.0 Å².